The van der Waals surface area contributed by atoms with Crippen LogP contribution in [0.5, 0.6) is 0 Å². The highest BCUT2D eigenvalue weighted by Crippen LogP contribution is 2.00. The van der Waals surface area contributed by atoms with Crippen molar-refractivity contribution in [3.63, 3.8) is 0 Å². The summed E-state index contributed by atoms with van der Waals surface area (Å²) in [6.45, 7) is -0.743. The SMILES string of the molecule is CN(CC(F)F)C(CN)C(=O)O. The van der Waals surface area contributed by atoms with Crippen LogP contribution in [-0.2, 0) is 4.79 Å². The molecule has 0 aliphatic heterocycles. The Balaban J connectivity index is 4.02. The molecular formula is C6H12F2N2O2. The molecule has 0 rings (SSSR count). The Morgan fingerprint density at radius 2 is 2.17 bits per heavy atom. The van der Waals surface area contributed by atoms with Gasteiger partial charge in [-0.05, 0) is 7.05 Å². The molecule has 0 aliphatic carbocycles. The molecule has 0 bridgehead atoms. The zero-order valence-corrected chi connectivity index (χ0v) is 6.70. The molecule has 0 fully saturated rings. The van der Waals surface area contributed by atoms with Gasteiger partial charge in [0.15, 0.2) is 0 Å². The molecule has 1 unspecified atom stereocenters. The van der Waals surface area contributed by atoms with Gasteiger partial charge in [0.2, 0.25) is 0 Å². The highest BCUT2D eigenvalue weighted by Gasteiger charge is 2.22. The average molecular weight is 182 g/mol. The third kappa shape index (κ3) is 3.59. The molecule has 4 nitrogen and oxygen atoms in total. The summed E-state index contributed by atoms with van der Waals surface area (Å²) in [6, 6.07) is -1.03. The predicted molar refractivity (Wildman–Crippen MR) is 39.1 cm³/mol. The van der Waals surface area contributed by atoms with Crippen LogP contribution >= 0.6 is 0 Å². The summed E-state index contributed by atoms with van der Waals surface area (Å²) in [5.41, 5.74) is 5.08. The van der Waals surface area contributed by atoms with E-state index in [1.807, 2.05) is 0 Å². The van der Waals surface area contributed by atoms with E-state index < -0.39 is 25.0 Å². The maximum absolute atomic E-state index is 11.8. The third-order valence-electron chi connectivity index (χ3n) is 1.47. The minimum atomic E-state index is -2.54. The fourth-order valence-electron chi connectivity index (χ4n) is 0.814. The summed E-state index contributed by atoms with van der Waals surface area (Å²) in [6.07, 6.45) is -2.54. The van der Waals surface area contributed by atoms with Crippen molar-refractivity contribution in [3.8, 4) is 0 Å². The van der Waals surface area contributed by atoms with Crippen molar-refractivity contribution in [1.29, 1.82) is 0 Å². The van der Waals surface area contributed by atoms with E-state index >= 15 is 0 Å². The fraction of sp³-hybridized carbons (Fsp3) is 0.833. The lowest BCUT2D eigenvalue weighted by Crippen LogP contribution is -2.45. The van der Waals surface area contributed by atoms with Crippen molar-refractivity contribution in [2.24, 2.45) is 5.73 Å². The summed E-state index contributed by atoms with van der Waals surface area (Å²) in [4.78, 5) is 11.4. The molecule has 0 aromatic carbocycles. The molecular weight excluding hydrogens is 170 g/mol. The Kier molecular flexibility index (Phi) is 4.68. The van der Waals surface area contributed by atoms with Gasteiger partial charge in [0.1, 0.15) is 6.04 Å². The van der Waals surface area contributed by atoms with Gasteiger partial charge in [-0.3, -0.25) is 9.69 Å². The minimum absolute atomic E-state index is 0.168. The van der Waals surface area contributed by atoms with Gasteiger partial charge in [-0.15, -0.1) is 0 Å². The quantitative estimate of drug-likeness (QED) is 0.607. The predicted octanol–water partition coefficient (Wildman–Crippen LogP) is -0.405. The second-order valence-corrected chi connectivity index (χ2v) is 2.42. The van der Waals surface area contributed by atoms with Crippen LogP contribution in [0.2, 0.25) is 0 Å². The van der Waals surface area contributed by atoms with Gasteiger partial charge in [-0.1, -0.05) is 0 Å². The fourth-order valence-corrected chi connectivity index (χ4v) is 0.814. The number of halogens is 2. The van der Waals surface area contributed by atoms with Gasteiger partial charge in [0.05, 0.1) is 6.54 Å². The van der Waals surface area contributed by atoms with Crippen LogP contribution in [0.3, 0.4) is 0 Å². The number of carbonyl (C=O) groups is 1. The molecule has 0 radical (unpaired) electrons. The second kappa shape index (κ2) is 5.00. The average Bonchev–Trinajstić information content (AvgIpc) is 1.85. The van der Waals surface area contributed by atoms with Gasteiger partial charge in [-0.2, -0.15) is 0 Å². The summed E-state index contributed by atoms with van der Waals surface area (Å²) in [7, 11) is 1.30. The molecule has 0 aromatic heterocycles. The van der Waals surface area contributed by atoms with Gasteiger partial charge >= 0.3 is 5.97 Å². The Morgan fingerprint density at radius 3 is 2.42 bits per heavy atom. The molecule has 0 amide bonds. The number of nitrogens with zero attached hydrogens (tertiary/aromatic N) is 1. The zero-order chi connectivity index (χ0) is 9.72. The van der Waals surface area contributed by atoms with Crippen LogP contribution in [0.1, 0.15) is 0 Å². The molecule has 1 atom stereocenters. The Hall–Kier alpha value is -0.750. The van der Waals surface area contributed by atoms with Crippen LogP contribution in [-0.4, -0.2) is 48.6 Å². The van der Waals surface area contributed by atoms with Crippen LogP contribution in [0.15, 0.2) is 0 Å². The molecule has 12 heavy (non-hydrogen) atoms. The first-order chi connectivity index (χ1) is 5.49. The molecule has 0 heterocycles. The first-order valence-electron chi connectivity index (χ1n) is 3.40. The molecule has 0 saturated heterocycles. The van der Waals surface area contributed by atoms with E-state index in [4.69, 9.17) is 10.8 Å². The molecule has 0 aliphatic rings. The highest BCUT2D eigenvalue weighted by atomic mass is 19.3. The summed E-state index contributed by atoms with van der Waals surface area (Å²) in [5.74, 6) is -1.18. The number of hydrogen-bond acceptors (Lipinski definition) is 3. The number of hydrogen-bond donors (Lipinski definition) is 2. The van der Waals surface area contributed by atoms with E-state index in [2.05, 4.69) is 0 Å². The van der Waals surface area contributed by atoms with Gasteiger partial charge in [0, 0.05) is 6.54 Å². The van der Waals surface area contributed by atoms with Crippen LogP contribution < -0.4 is 5.73 Å². The Morgan fingerprint density at radius 1 is 1.67 bits per heavy atom. The number of aliphatic carboxylic acids is 1. The molecule has 0 spiro atoms. The minimum Gasteiger partial charge on any atom is -0.480 e. The van der Waals surface area contributed by atoms with Gasteiger partial charge in [0.25, 0.3) is 6.43 Å². The van der Waals surface area contributed by atoms with Gasteiger partial charge < -0.3 is 10.8 Å². The van der Waals surface area contributed by atoms with Crippen molar-refractivity contribution < 1.29 is 18.7 Å². The summed E-state index contributed by atoms with van der Waals surface area (Å²) < 4.78 is 23.5. The van der Waals surface area contributed by atoms with E-state index in [9.17, 15) is 13.6 Å². The Bertz CT molecular complexity index is 154. The number of carboxylic acids is 1. The maximum Gasteiger partial charge on any atom is 0.322 e. The van der Waals surface area contributed by atoms with E-state index in [1.165, 1.54) is 7.05 Å². The number of likely N-dealkylation sites (N-methyl/N-ethyl adjacent to an activating group) is 1. The topological polar surface area (TPSA) is 66.6 Å². The van der Waals surface area contributed by atoms with Crippen LogP contribution in [0.4, 0.5) is 8.78 Å². The van der Waals surface area contributed by atoms with E-state index in [0.29, 0.717) is 0 Å². The maximum atomic E-state index is 11.8. The normalized spacial score (nSPS) is 13.8. The number of alkyl halides is 2. The summed E-state index contributed by atoms with van der Waals surface area (Å²) >= 11 is 0. The second-order valence-electron chi connectivity index (χ2n) is 2.42. The van der Waals surface area contributed by atoms with E-state index in [1.54, 1.807) is 0 Å². The van der Waals surface area contributed by atoms with Crippen molar-refractivity contribution in [2.45, 2.75) is 12.5 Å². The monoisotopic (exact) mass is 182 g/mol. The van der Waals surface area contributed by atoms with Crippen LogP contribution in [0, 0.1) is 0 Å². The van der Waals surface area contributed by atoms with Crippen molar-refractivity contribution >= 4 is 5.97 Å². The molecule has 72 valence electrons. The molecule has 3 N–H and O–H groups in total. The third-order valence-corrected chi connectivity index (χ3v) is 1.47. The van der Waals surface area contributed by atoms with Gasteiger partial charge in [-0.25, -0.2) is 8.78 Å². The Labute approximate surface area is 69.0 Å². The summed E-state index contributed by atoms with van der Waals surface area (Å²) in [5, 5.41) is 8.49. The standard InChI is InChI=1S/C6H12F2N2O2/c1-10(3-5(7)8)4(2-9)6(11)12/h4-5H,2-3,9H2,1H3,(H,11,12). The number of carboxylic acid groups (broad SMARTS) is 1. The van der Waals surface area contributed by atoms with Crippen molar-refractivity contribution in [1.82, 2.24) is 4.90 Å². The van der Waals surface area contributed by atoms with E-state index in [0.717, 1.165) is 4.90 Å². The van der Waals surface area contributed by atoms with Crippen LogP contribution in [0.25, 0.3) is 0 Å². The first kappa shape index (κ1) is 11.2. The highest BCUT2D eigenvalue weighted by molar-refractivity contribution is 5.73. The number of nitrogens with two attached hydrogens (primary N) is 1. The largest absolute Gasteiger partial charge is 0.480 e. The smallest absolute Gasteiger partial charge is 0.322 e. The number of rotatable bonds is 5. The van der Waals surface area contributed by atoms with Crippen molar-refractivity contribution in [3.05, 3.63) is 0 Å². The van der Waals surface area contributed by atoms with Crippen molar-refractivity contribution in [2.75, 3.05) is 20.1 Å². The molecule has 0 aromatic rings. The lowest BCUT2D eigenvalue weighted by Gasteiger charge is -2.22. The lowest BCUT2D eigenvalue weighted by atomic mass is 10.2. The molecule has 6 heteroatoms. The first-order valence-corrected chi connectivity index (χ1v) is 3.40. The zero-order valence-electron chi connectivity index (χ0n) is 6.70. The van der Waals surface area contributed by atoms with E-state index in [-0.39, 0.29) is 6.54 Å². The molecule has 0 saturated carbocycles. The lowest BCUT2D eigenvalue weighted by molar-refractivity contribution is -0.142.